The topological polar surface area (TPSA) is 72.2 Å². The molecule has 5 heteroatoms. The van der Waals surface area contributed by atoms with E-state index in [1.54, 1.807) is 42.5 Å². The highest BCUT2D eigenvalue weighted by Gasteiger charge is 2.15. The Labute approximate surface area is 151 Å². The molecule has 0 fully saturated rings. The van der Waals surface area contributed by atoms with Gasteiger partial charge in [-0.1, -0.05) is 49.4 Å². The second-order valence-corrected chi connectivity index (χ2v) is 5.82. The Bertz CT molecular complexity index is 952. The molecule has 3 aromatic carbocycles. The Balaban J connectivity index is 1.93. The zero-order valence-electron chi connectivity index (χ0n) is 14.3. The van der Waals surface area contributed by atoms with Crippen molar-refractivity contribution in [1.29, 1.82) is 0 Å². The highest BCUT2D eigenvalue weighted by Crippen LogP contribution is 2.28. The summed E-state index contributed by atoms with van der Waals surface area (Å²) in [5.41, 5.74) is 3.31. The molecule has 3 aromatic rings. The van der Waals surface area contributed by atoms with Gasteiger partial charge in [-0.05, 0) is 36.2 Å². The molecule has 0 unspecified atom stereocenters. The number of aryl methyl sites for hydroxylation is 1. The van der Waals surface area contributed by atoms with Crippen molar-refractivity contribution in [2.24, 2.45) is 0 Å². The predicted octanol–water partition coefficient (Wildman–Crippen LogP) is 5.13. The van der Waals surface area contributed by atoms with Crippen LogP contribution in [-0.2, 0) is 6.42 Å². The van der Waals surface area contributed by atoms with E-state index in [0.717, 1.165) is 5.56 Å². The first-order valence-electron chi connectivity index (χ1n) is 8.33. The van der Waals surface area contributed by atoms with Crippen LogP contribution in [0.1, 0.15) is 28.4 Å². The van der Waals surface area contributed by atoms with E-state index >= 15 is 0 Å². The summed E-state index contributed by atoms with van der Waals surface area (Å²) < 4.78 is 0. The lowest BCUT2D eigenvalue weighted by Crippen LogP contribution is -2.06. The minimum Gasteiger partial charge on any atom is -0.350 e. The fraction of sp³-hybridized carbons (Fsp3) is 0.0952. The zero-order chi connectivity index (χ0) is 18.5. The van der Waals surface area contributed by atoms with E-state index in [1.165, 1.54) is 6.07 Å². The molecule has 26 heavy (non-hydrogen) atoms. The van der Waals surface area contributed by atoms with Gasteiger partial charge in [0.2, 0.25) is 0 Å². The largest absolute Gasteiger partial charge is 0.350 e. The number of benzene rings is 3. The summed E-state index contributed by atoms with van der Waals surface area (Å²) in [5, 5.41) is 14.2. The Morgan fingerprint density at radius 2 is 1.69 bits per heavy atom. The quantitative estimate of drug-likeness (QED) is 0.381. The standard InChI is InChI=1S/C21H18N2O3/c1-2-15-14-17(22-19-10-6-7-11-20(19)23(25)26)12-13-18(15)21(24)16-8-4-3-5-9-16/h3-14,22H,2H2,1H3. The number of anilines is 2. The van der Waals surface area contributed by atoms with Gasteiger partial charge in [-0.15, -0.1) is 0 Å². The molecule has 0 aromatic heterocycles. The van der Waals surface area contributed by atoms with Crippen LogP contribution in [0.3, 0.4) is 0 Å². The molecule has 0 saturated heterocycles. The Kier molecular flexibility index (Phi) is 5.08. The maximum Gasteiger partial charge on any atom is 0.292 e. The lowest BCUT2D eigenvalue weighted by atomic mass is 9.96. The monoisotopic (exact) mass is 346 g/mol. The fourth-order valence-electron chi connectivity index (χ4n) is 2.82. The molecule has 1 N–H and O–H groups in total. The van der Waals surface area contributed by atoms with Crippen LogP contribution in [0.15, 0.2) is 72.8 Å². The molecule has 0 heterocycles. The van der Waals surface area contributed by atoms with Crippen molar-refractivity contribution in [3.63, 3.8) is 0 Å². The van der Waals surface area contributed by atoms with E-state index in [9.17, 15) is 14.9 Å². The van der Waals surface area contributed by atoms with E-state index < -0.39 is 4.92 Å². The van der Waals surface area contributed by atoms with Gasteiger partial charge in [0, 0.05) is 22.9 Å². The van der Waals surface area contributed by atoms with Gasteiger partial charge in [0.05, 0.1) is 4.92 Å². The van der Waals surface area contributed by atoms with Crippen LogP contribution >= 0.6 is 0 Å². The van der Waals surface area contributed by atoms with Crippen molar-refractivity contribution in [1.82, 2.24) is 0 Å². The van der Waals surface area contributed by atoms with Crippen molar-refractivity contribution in [3.8, 4) is 0 Å². The second-order valence-electron chi connectivity index (χ2n) is 5.82. The number of hydrogen-bond acceptors (Lipinski definition) is 4. The molecule has 0 aliphatic rings. The number of nitro groups is 1. The highest BCUT2D eigenvalue weighted by molar-refractivity contribution is 6.10. The molecule has 0 amide bonds. The summed E-state index contributed by atoms with van der Waals surface area (Å²) in [4.78, 5) is 23.5. The summed E-state index contributed by atoms with van der Waals surface area (Å²) in [7, 11) is 0. The summed E-state index contributed by atoms with van der Waals surface area (Å²) in [6.07, 6.45) is 0.681. The Hall–Kier alpha value is -3.47. The third-order valence-corrected chi connectivity index (χ3v) is 4.15. The molecular weight excluding hydrogens is 328 g/mol. The molecular formula is C21H18N2O3. The highest BCUT2D eigenvalue weighted by atomic mass is 16.6. The lowest BCUT2D eigenvalue weighted by Gasteiger charge is -2.12. The van der Waals surface area contributed by atoms with Crippen molar-refractivity contribution >= 4 is 22.8 Å². The number of nitro benzene ring substituents is 1. The van der Waals surface area contributed by atoms with Crippen LogP contribution in [0, 0.1) is 10.1 Å². The van der Waals surface area contributed by atoms with E-state index in [4.69, 9.17) is 0 Å². The number of para-hydroxylation sites is 2. The van der Waals surface area contributed by atoms with Gasteiger partial charge in [0.15, 0.2) is 5.78 Å². The molecule has 5 nitrogen and oxygen atoms in total. The molecule has 3 rings (SSSR count). The minimum atomic E-state index is -0.420. The van der Waals surface area contributed by atoms with Gasteiger partial charge in [0.25, 0.3) is 5.69 Å². The average Bonchev–Trinajstić information content (AvgIpc) is 2.68. The van der Waals surface area contributed by atoms with Gasteiger partial charge >= 0.3 is 0 Å². The van der Waals surface area contributed by atoms with Crippen LogP contribution in [0.25, 0.3) is 0 Å². The molecule has 0 spiro atoms. The summed E-state index contributed by atoms with van der Waals surface area (Å²) in [6.45, 7) is 1.98. The summed E-state index contributed by atoms with van der Waals surface area (Å²) in [5.74, 6) is -0.0281. The van der Waals surface area contributed by atoms with Gasteiger partial charge in [-0.25, -0.2) is 0 Å². The first-order chi connectivity index (χ1) is 12.6. The Morgan fingerprint density at radius 1 is 1.00 bits per heavy atom. The van der Waals surface area contributed by atoms with E-state index in [1.807, 2.05) is 31.2 Å². The average molecular weight is 346 g/mol. The molecule has 0 saturated carbocycles. The number of carbonyl (C=O) groups is 1. The first kappa shape index (κ1) is 17.4. The number of ketones is 1. The number of rotatable bonds is 6. The van der Waals surface area contributed by atoms with Gasteiger partial charge in [0.1, 0.15) is 5.69 Å². The normalized spacial score (nSPS) is 10.3. The van der Waals surface area contributed by atoms with E-state index in [0.29, 0.717) is 28.9 Å². The van der Waals surface area contributed by atoms with Gasteiger partial charge in [-0.3, -0.25) is 14.9 Å². The van der Waals surface area contributed by atoms with Crippen LogP contribution in [0.4, 0.5) is 17.1 Å². The lowest BCUT2D eigenvalue weighted by molar-refractivity contribution is -0.383. The second kappa shape index (κ2) is 7.61. The molecule has 0 aliphatic heterocycles. The van der Waals surface area contributed by atoms with E-state index in [-0.39, 0.29) is 11.5 Å². The van der Waals surface area contributed by atoms with Crippen molar-refractivity contribution in [3.05, 3.63) is 99.6 Å². The van der Waals surface area contributed by atoms with Crippen LogP contribution in [0.2, 0.25) is 0 Å². The number of nitrogens with one attached hydrogen (secondary N) is 1. The molecule has 0 bridgehead atoms. The van der Waals surface area contributed by atoms with Crippen molar-refractivity contribution in [2.45, 2.75) is 13.3 Å². The molecule has 130 valence electrons. The van der Waals surface area contributed by atoms with Crippen molar-refractivity contribution in [2.75, 3.05) is 5.32 Å². The van der Waals surface area contributed by atoms with Gasteiger partial charge in [-0.2, -0.15) is 0 Å². The third kappa shape index (κ3) is 3.62. The summed E-state index contributed by atoms with van der Waals surface area (Å²) in [6, 6.07) is 21.0. The third-order valence-electron chi connectivity index (χ3n) is 4.15. The Morgan fingerprint density at radius 3 is 2.38 bits per heavy atom. The first-order valence-corrected chi connectivity index (χ1v) is 8.33. The van der Waals surface area contributed by atoms with E-state index in [2.05, 4.69) is 5.32 Å². The number of carbonyl (C=O) groups excluding carboxylic acids is 1. The fourth-order valence-corrected chi connectivity index (χ4v) is 2.82. The maximum absolute atomic E-state index is 12.7. The number of nitrogens with zero attached hydrogens (tertiary/aromatic N) is 1. The predicted molar refractivity (Wildman–Crippen MR) is 102 cm³/mol. The van der Waals surface area contributed by atoms with Gasteiger partial charge < -0.3 is 5.32 Å². The van der Waals surface area contributed by atoms with Crippen LogP contribution < -0.4 is 5.32 Å². The maximum atomic E-state index is 12.7. The summed E-state index contributed by atoms with van der Waals surface area (Å²) >= 11 is 0. The SMILES string of the molecule is CCc1cc(Nc2ccccc2[N+](=O)[O-])ccc1C(=O)c1ccccc1. The van der Waals surface area contributed by atoms with Crippen LogP contribution in [-0.4, -0.2) is 10.7 Å². The van der Waals surface area contributed by atoms with Crippen molar-refractivity contribution < 1.29 is 9.72 Å². The zero-order valence-corrected chi connectivity index (χ0v) is 14.3. The molecule has 0 radical (unpaired) electrons. The minimum absolute atomic E-state index is 0.00925. The number of hydrogen-bond donors (Lipinski definition) is 1. The molecule has 0 atom stereocenters. The smallest absolute Gasteiger partial charge is 0.292 e. The molecule has 0 aliphatic carbocycles. The van der Waals surface area contributed by atoms with Crippen LogP contribution in [0.5, 0.6) is 0 Å².